The van der Waals surface area contributed by atoms with Gasteiger partial charge in [0, 0.05) is 21.0 Å². The second-order valence-electron chi connectivity index (χ2n) is 8.09. The van der Waals surface area contributed by atoms with E-state index in [4.69, 9.17) is 23.2 Å². The lowest BCUT2D eigenvalue weighted by molar-refractivity contribution is -0.121. The molecule has 4 aromatic carbocycles. The number of amides is 4. The van der Waals surface area contributed by atoms with Crippen LogP contribution in [-0.4, -0.2) is 17.8 Å². The Bertz CT molecular complexity index is 1520. The molecule has 0 N–H and O–H groups in total. The molecule has 1 heterocycles. The predicted octanol–water partition coefficient (Wildman–Crippen LogP) is 7.04. The highest BCUT2D eigenvalue weighted by Crippen LogP contribution is 2.35. The van der Waals surface area contributed by atoms with Gasteiger partial charge in [0.25, 0.3) is 11.8 Å². The van der Waals surface area contributed by atoms with E-state index in [0.717, 1.165) is 20.7 Å². The molecule has 4 amide bonds. The van der Waals surface area contributed by atoms with E-state index < -0.39 is 17.8 Å². The van der Waals surface area contributed by atoms with E-state index in [2.05, 4.69) is 0 Å². The van der Waals surface area contributed by atoms with E-state index in [0.29, 0.717) is 22.3 Å². The minimum absolute atomic E-state index is 0.229. The number of urea groups is 1. The van der Waals surface area contributed by atoms with Crippen molar-refractivity contribution in [3.05, 3.63) is 112 Å². The first kappa shape index (κ1) is 22.8. The molecule has 0 spiro atoms. The van der Waals surface area contributed by atoms with Crippen molar-refractivity contribution < 1.29 is 14.4 Å². The van der Waals surface area contributed by atoms with Gasteiger partial charge in [-0.2, -0.15) is 0 Å². The van der Waals surface area contributed by atoms with Crippen LogP contribution in [0.4, 0.5) is 16.2 Å². The smallest absolute Gasteiger partial charge is 0.268 e. The number of carbonyl (C=O) groups is 3. The van der Waals surface area contributed by atoms with Crippen LogP contribution in [0.3, 0.4) is 0 Å². The van der Waals surface area contributed by atoms with E-state index in [9.17, 15) is 14.4 Å². The zero-order valence-electron chi connectivity index (χ0n) is 18.5. The molecule has 5 rings (SSSR count). The molecule has 35 heavy (non-hydrogen) atoms. The third-order valence-corrected chi connectivity index (χ3v) is 6.50. The van der Waals surface area contributed by atoms with Crippen molar-refractivity contribution in [2.45, 2.75) is 6.92 Å². The van der Waals surface area contributed by atoms with Crippen LogP contribution in [0.25, 0.3) is 16.8 Å². The monoisotopic (exact) mass is 500 g/mol. The number of benzene rings is 4. The molecule has 1 aliphatic heterocycles. The number of halogens is 2. The number of nitrogens with zero attached hydrogens (tertiary/aromatic N) is 2. The molecule has 0 bridgehead atoms. The van der Waals surface area contributed by atoms with Crippen LogP contribution in [0.2, 0.25) is 10.0 Å². The number of hydrogen-bond donors (Lipinski definition) is 0. The first-order valence-electron chi connectivity index (χ1n) is 10.8. The average molecular weight is 501 g/mol. The Morgan fingerprint density at radius 2 is 1.29 bits per heavy atom. The third kappa shape index (κ3) is 3.99. The maximum absolute atomic E-state index is 13.8. The Morgan fingerprint density at radius 1 is 0.686 bits per heavy atom. The van der Waals surface area contributed by atoms with E-state index in [1.807, 2.05) is 37.3 Å². The molecule has 0 aliphatic carbocycles. The molecule has 1 saturated heterocycles. The summed E-state index contributed by atoms with van der Waals surface area (Å²) in [5.74, 6) is -1.51. The molecule has 172 valence electrons. The number of rotatable bonds is 3. The first-order chi connectivity index (χ1) is 16.9. The van der Waals surface area contributed by atoms with Crippen LogP contribution in [0, 0.1) is 6.92 Å². The minimum atomic E-state index is -0.761. The van der Waals surface area contributed by atoms with E-state index in [1.54, 1.807) is 54.6 Å². The summed E-state index contributed by atoms with van der Waals surface area (Å²) in [4.78, 5) is 43.1. The van der Waals surface area contributed by atoms with Crippen LogP contribution in [0.5, 0.6) is 0 Å². The molecule has 0 aromatic heterocycles. The van der Waals surface area contributed by atoms with Gasteiger partial charge in [-0.05, 0) is 48.7 Å². The molecular formula is C28H18Cl2N2O3. The molecule has 1 aliphatic rings. The quantitative estimate of drug-likeness (QED) is 0.224. The predicted molar refractivity (Wildman–Crippen MR) is 140 cm³/mol. The largest absolute Gasteiger partial charge is 0.343 e. The summed E-state index contributed by atoms with van der Waals surface area (Å²) < 4.78 is 0. The van der Waals surface area contributed by atoms with Gasteiger partial charge in [0.05, 0.1) is 11.4 Å². The Balaban J connectivity index is 1.75. The molecule has 5 nitrogen and oxygen atoms in total. The number of anilines is 2. The summed E-state index contributed by atoms with van der Waals surface area (Å²) in [6.07, 6.45) is 1.35. The number of imide groups is 2. The minimum Gasteiger partial charge on any atom is -0.268 e. The lowest BCUT2D eigenvalue weighted by Gasteiger charge is -2.34. The van der Waals surface area contributed by atoms with Crippen molar-refractivity contribution in [1.82, 2.24) is 0 Å². The van der Waals surface area contributed by atoms with Gasteiger partial charge in [0.15, 0.2) is 0 Å². The first-order valence-corrected chi connectivity index (χ1v) is 11.6. The van der Waals surface area contributed by atoms with Gasteiger partial charge in [-0.15, -0.1) is 0 Å². The molecule has 0 unspecified atom stereocenters. The zero-order chi connectivity index (χ0) is 24.7. The van der Waals surface area contributed by atoms with Gasteiger partial charge >= 0.3 is 6.03 Å². The normalized spacial score (nSPS) is 15.4. The highest BCUT2D eigenvalue weighted by Gasteiger charge is 2.44. The number of barbiturate groups is 1. The van der Waals surface area contributed by atoms with Crippen LogP contribution in [0.15, 0.2) is 90.5 Å². The Kier molecular flexibility index (Phi) is 5.89. The number of fused-ring (bicyclic) bond motifs is 1. The van der Waals surface area contributed by atoms with Gasteiger partial charge in [0.2, 0.25) is 0 Å². The van der Waals surface area contributed by atoms with Crippen LogP contribution < -0.4 is 9.80 Å². The van der Waals surface area contributed by atoms with Crippen molar-refractivity contribution >= 4 is 69.3 Å². The van der Waals surface area contributed by atoms with Crippen molar-refractivity contribution in [3.8, 4) is 0 Å². The molecule has 0 atom stereocenters. The topological polar surface area (TPSA) is 57.7 Å². The fourth-order valence-electron chi connectivity index (χ4n) is 4.06. The summed E-state index contributed by atoms with van der Waals surface area (Å²) in [7, 11) is 0. The second kappa shape index (κ2) is 9.02. The summed E-state index contributed by atoms with van der Waals surface area (Å²) in [5.41, 5.74) is 1.78. The fraction of sp³-hybridized carbons (Fsp3) is 0.0357. The van der Waals surface area contributed by atoms with Gasteiger partial charge in [-0.1, -0.05) is 83.4 Å². The Labute approximate surface area is 211 Å². The summed E-state index contributed by atoms with van der Waals surface area (Å²) in [6.45, 7) is 1.90. The maximum Gasteiger partial charge on any atom is 0.343 e. The molecule has 0 radical (unpaired) electrons. The van der Waals surface area contributed by atoms with Crippen LogP contribution in [0.1, 0.15) is 11.1 Å². The SMILES string of the molecule is Cc1ccc(N2C(=O)/C(=C\c3c(Cl)cccc3Cl)C(=O)N(c3cccc4ccccc34)C2=O)cc1. The van der Waals surface area contributed by atoms with Crippen LogP contribution in [-0.2, 0) is 9.59 Å². The molecule has 0 saturated carbocycles. The van der Waals surface area contributed by atoms with Gasteiger partial charge < -0.3 is 0 Å². The van der Waals surface area contributed by atoms with Crippen molar-refractivity contribution in [3.63, 3.8) is 0 Å². The Hall–Kier alpha value is -3.93. The molecular weight excluding hydrogens is 483 g/mol. The van der Waals surface area contributed by atoms with E-state index >= 15 is 0 Å². The second-order valence-corrected chi connectivity index (χ2v) is 8.91. The third-order valence-electron chi connectivity index (χ3n) is 5.84. The number of carbonyl (C=O) groups excluding carboxylic acids is 3. The van der Waals surface area contributed by atoms with E-state index in [-0.39, 0.29) is 15.6 Å². The molecule has 4 aromatic rings. The summed E-state index contributed by atoms with van der Waals surface area (Å²) in [5, 5.41) is 2.11. The van der Waals surface area contributed by atoms with Gasteiger partial charge in [0.1, 0.15) is 5.57 Å². The highest BCUT2D eigenvalue weighted by molar-refractivity contribution is 6.47. The average Bonchev–Trinajstić information content (AvgIpc) is 2.85. The van der Waals surface area contributed by atoms with Crippen molar-refractivity contribution in [2.24, 2.45) is 0 Å². The highest BCUT2D eigenvalue weighted by atomic mass is 35.5. The maximum atomic E-state index is 13.8. The zero-order valence-corrected chi connectivity index (χ0v) is 20.0. The standard InChI is InChI=1S/C28H18Cl2N2O3/c1-17-12-14-19(15-13-17)31-26(33)22(16-21-23(29)9-5-10-24(21)30)27(34)32(28(31)35)25-11-4-7-18-6-2-3-8-20(18)25/h2-16H,1H3/b22-16+. The molecule has 7 heteroatoms. The number of hydrogen-bond acceptors (Lipinski definition) is 3. The Morgan fingerprint density at radius 3 is 2.00 bits per heavy atom. The van der Waals surface area contributed by atoms with Crippen LogP contribution >= 0.6 is 23.2 Å². The fourth-order valence-corrected chi connectivity index (χ4v) is 4.57. The van der Waals surface area contributed by atoms with Gasteiger partial charge in [-0.25, -0.2) is 14.6 Å². The van der Waals surface area contributed by atoms with Crippen molar-refractivity contribution in [1.29, 1.82) is 0 Å². The van der Waals surface area contributed by atoms with E-state index in [1.165, 1.54) is 6.08 Å². The summed E-state index contributed by atoms with van der Waals surface area (Å²) >= 11 is 12.7. The van der Waals surface area contributed by atoms with Crippen molar-refractivity contribution in [2.75, 3.05) is 9.80 Å². The molecule has 1 fully saturated rings. The van der Waals surface area contributed by atoms with Gasteiger partial charge in [-0.3, -0.25) is 9.59 Å². The number of aryl methyl sites for hydroxylation is 1. The lowest BCUT2D eigenvalue weighted by atomic mass is 10.0. The summed E-state index contributed by atoms with van der Waals surface area (Å²) in [6, 6.07) is 23.8. The lowest BCUT2D eigenvalue weighted by Crippen LogP contribution is -2.57.